The highest BCUT2D eigenvalue weighted by atomic mass is 32.1. The molecule has 1 heterocycles. The number of carbonyl (C=O) groups excluding carboxylic acids is 2. The van der Waals surface area contributed by atoms with Crippen molar-refractivity contribution in [3.8, 4) is 0 Å². The van der Waals surface area contributed by atoms with Crippen LogP contribution in [0, 0.1) is 0 Å². The Hall–Kier alpha value is -2.59. The molecule has 0 atom stereocenters. The number of rotatable bonds is 2. The Morgan fingerprint density at radius 3 is 2.22 bits per heavy atom. The number of allylic oxidation sites excluding steroid dienone is 1. The average Bonchev–Trinajstić information content (AvgIpc) is 3.06. The van der Waals surface area contributed by atoms with Gasteiger partial charge >= 0.3 is 0 Å². The van der Waals surface area contributed by atoms with Crippen molar-refractivity contribution in [1.29, 1.82) is 0 Å². The van der Waals surface area contributed by atoms with Crippen molar-refractivity contribution in [3.63, 3.8) is 0 Å². The van der Waals surface area contributed by atoms with Gasteiger partial charge in [0.1, 0.15) is 11.2 Å². The van der Waals surface area contributed by atoms with E-state index in [9.17, 15) is 9.59 Å². The number of nitrogens with zero attached hydrogens (tertiary/aromatic N) is 1. The molecule has 0 saturated heterocycles. The van der Waals surface area contributed by atoms with Gasteiger partial charge in [0, 0.05) is 23.3 Å². The monoisotopic (exact) mass is 320 g/mol. The zero-order valence-corrected chi connectivity index (χ0v) is 13.4. The van der Waals surface area contributed by atoms with Gasteiger partial charge in [0.25, 0.3) is 5.01 Å². The predicted molar refractivity (Wildman–Crippen MR) is 90.8 cm³/mol. The normalized spacial score (nSPS) is 13.7. The Morgan fingerprint density at radius 1 is 0.957 bits per heavy atom. The van der Waals surface area contributed by atoms with Crippen LogP contribution in [0.3, 0.4) is 0 Å². The first-order valence-electron chi connectivity index (χ1n) is 7.52. The molecular formula is C19H14NO2S+. The van der Waals surface area contributed by atoms with Gasteiger partial charge in [-0.05, 0) is 13.0 Å². The number of fused-ring (bicyclic) bond motifs is 2. The van der Waals surface area contributed by atoms with Gasteiger partial charge in [-0.15, -0.1) is 0 Å². The zero-order chi connectivity index (χ0) is 16.0. The van der Waals surface area contributed by atoms with E-state index >= 15 is 0 Å². The summed E-state index contributed by atoms with van der Waals surface area (Å²) in [5, 5.41) is 0.929. The summed E-state index contributed by atoms with van der Waals surface area (Å²) in [5.41, 5.74) is 2.41. The molecule has 4 rings (SSSR count). The zero-order valence-electron chi connectivity index (χ0n) is 12.6. The van der Waals surface area contributed by atoms with Crippen molar-refractivity contribution in [2.75, 3.05) is 0 Å². The summed E-state index contributed by atoms with van der Waals surface area (Å²) in [6.07, 6.45) is 1.75. The van der Waals surface area contributed by atoms with Crippen molar-refractivity contribution in [2.45, 2.75) is 13.5 Å². The molecule has 0 saturated carbocycles. The molecule has 23 heavy (non-hydrogen) atoms. The molecule has 1 aliphatic carbocycles. The number of aryl methyl sites for hydroxylation is 1. The molecule has 2 aromatic carbocycles. The summed E-state index contributed by atoms with van der Waals surface area (Å²) < 4.78 is 3.29. The lowest BCUT2D eigenvalue weighted by molar-refractivity contribution is -0.665. The molecule has 0 bridgehead atoms. The van der Waals surface area contributed by atoms with E-state index in [1.165, 1.54) is 0 Å². The van der Waals surface area contributed by atoms with Crippen molar-refractivity contribution in [1.82, 2.24) is 0 Å². The third-order valence-corrected chi connectivity index (χ3v) is 5.24. The van der Waals surface area contributed by atoms with Crippen LogP contribution in [0.25, 0.3) is 16.3 Å². The number of Topliss-reactive ketones (excluding diaryl/α,β-unsaturated/α-hetero) is 2. The number of carbonyl (C=O) groups is 2. The van der Waals surface area contributed by atoms with Crippen LogP contribution in [0.4, 0.5) is 0 Å². The molecule has 3 aromatic rings. The minimum atomic E-state index is -0.175. The number of benzene rings is 2. The molecule has 1 aliphatic rings. The van der Waals surface area contributed by atoms with E-state index in [-0.39, 0.29) is 17.1 Å². The van der Waals surface area contributed by atoms with Crippen molar-refractivity contribution >= 4 is 39.2 Å². The van der Waals surface area contributed by atoms with Crippen LogP contribution >= 0.6 is 11.3 Å². The lowest BCUT2D eigenvalue weighted by Gasteiger charge is -1.93. The molecule has 4 heteroatoms. The van der Waals surface area contributed by atoms with E-state index in [0.717, 1.165) is 21.8 Å². The first kappa shape index (κ1) is 14.0. The van der Waals surface area contributed by atoms with Gasteiger partial charge < -0.3 is 0 Å². The highest BCUT2D eigenvalue weighted by molar-refractivity contribution is 7.18. The van der Waals surface area contributed by atoms with Gasteiger partial charge in [-0.1, -0.05) is 47.7 Å². The summed E-state index contributed by atoms with van der Waals surface area (Å²) in [5.74, 6) is -0.351. The van der Waals surface area contributed by atoms with Gasteiger partial charge in [-0.2, -0.15) is 4.57 Å². The van der Waals surface area contributed by atoms with Crippen LogP contribution in [0.15, 0.2) is 54.1 Å². The smallest absolute Gasteiger partial charge is 0.263 e. The Bertz CT molecular complexity index is 961. The fourth-order valence-electron chi connectivity index (χ4n) is 3.01. The fourth-order valence-corrected chi connectivity index (χ4v) is 4.18. The number of para-hydroxylation sites is 1. The summed E-state index contributed by atoms with van der Waals surface area (Å²) in [7, 11) is 0. The summed E-state index contributed by atoms with van der Waals surface area (Å²) in [6.45, 7) is 2.85. The maximum Gasteiger partial charge on any atom is 0.263 e. The van der Waals surface area contributed by atoms with Crippen LogP contribution in [0.1, 0.15) is 32.6 Å². The van der Waals surface area contributed by atoms with Crippen LogP contribution in [-0.2, 0) is 6.54 Å². The summed E-state index contributed by atoms with van der Waals surface area (Å²) >= 11 is 1.60. The topological polar surface area (TPSA) is 38.0 Å². The Kier molecular flexibility index (Phi) is 3.20. The van der Waals surface area contributed by atoms with Crippen LogP contribution in [0.5, 0.6) is 0 Å². The number of thiazole rings is 1. The molecule has 1 aromatic heterocycles. The second-order valence-corrected chi connectivity index (χ2v) is 6.48. The van der Waals surface area contributed by atoms with E-state index in [0.29, 0.717) is 11.1 Å². The first-order chi connectivity index (χ1) is 11.2. The second-order valence-electron chi connectivity index (χ2n) is 5.41. The lowest BCUT2D eigenvalue weighted by atomic mass is 10.1. The minimum absolute atomic E-state index is 0.175. The average molecular weight is 320 g/mol. The second kappa shape index (κ2) is 5.25. The molecule has 0 amide bonds. The molecule has 112 valence electrons. The summed E-state index contributed by atoms with van der Waals surface area (Å²) in [6, 6.07) is 15.1. The molecule has 0 unspecified atom stereocenters. The van der Waals surface area contributed by atoms with Crippen LogP contribution in [-0.4, -0.2) is 11.6 Å². The third kappa shape index (κ3) is 2.06. The largest absolute Gasteiger partial charge is 0.288 e. The van der Waals surface area contributed by atoms with E-state index in [4.69, 9.17) is 0 Å². The van der Waals surface area contributed by atoms with E-state index in [1.807, 2.05) is 12.1 Å². The molecule has 0 spiro atoms. The van der Waals surface area contributed by atoms with Crippen molar-refractivity contribution in [3.05, 3.63) is 70.2 Å². The maximum atomic E-state index is 12.5. The molecular weight excluding hydrogens is 306 g/mol. The fraction of sp³-hybridized carbons (Fsp3) is 0.105. The summed E-state index contributed by atoms with van der Waals surface area (Å²) in [4.78, 5) is 25.1. The van der Waals surface area contributed by atoms with Gasteiger partial charge in [0.2, 0.25) is 5.52 Å². The maximum absolute atomic E-state index is 12.5. The quantitative estimate of drug-likeness (QED) is 0.410. The Balaban J connectivity index is 1.89. The van der Waals surface area contributed by atoms with Crippen LogP contribution in [0.2, 0.25) is 0 Å². The molecule has 0 fully saturated rings. The van der Waals surface area contributed by atoms with Crippen molar-refractivity contribution in [2.24, 2.45) is 0 Å². The number of hydrogen-bond donors (Lipinski definition) is 0. The lowest BCUT2D eigenvalue weighted by Crippen LogP contribution is -2.33. The highest BCUT2D eigenvalue weighted by Crippen LogP contribution is 2.29. The van der Waals surface area contributed by atoms with E-state index in [2.05, 4.69) is 23.6 Å². The number of ketones is 2. The molecule has 0 N–H and O–H groups in total. The van der Waals surface area contributed by atoms with Gasteiger partial charge in [-0.3, -0.25) is 9.59 Å². The molecule has 3 nitrogen and oxygen atoms in total. The molecule has 0 radical (unpaired) electrons. The predicted octanol–water partition coefficient (Wildman–Crippen LogP) is 3.67. The molecule has 0 aliphatic heterocycles. The highest BCUT2D eigenvalue weighted by Gasteiger charge is 2.34. The standard InChI is InChI=1S/C19H14NO2S/c1-2-20-15-9-5-6-10-16(15)23-17(20)11-14-18(21)12-7-3-4-8-13(12)19(14)22/h3-11H,2H2,1H3/q+1. The van der Waals surface area contributed by atoms with Gasteiger partial charge in [0.05, 0.1) is 5.57 Å². The number of aromatic nitrogens is 1. The van der Waals surface area contributed by atoms with Crippen LogP contribution < -0.4 is 4.57 Å². The third-order valence-electron chi connectivity index (χ3n) is 4.13. The first-order valence-corrected chi connectivity index (χ1v) is 8.34. The van der Waals surface area contributed by atoms with Crippen molar-refractivity contribution < 1.29 is 14.2 Å². The SMILES string of the molecule is CC[n+]1c(C=C2C(=O)c3ccccc3C2=O)sc2ccccc21. The Morgan fingerprint density at radius 2 is 1.57 bits per heavy atom. The van der Waals surface area contributed by atoms with E-state index < -0.39 is 0 Å². The van der Waals surface area contributed by atoms with Gasteiger partial charge in [-0.25, -0.2) is 0 Å². The van der Waals surface area contributed by atoms with Gasteiger partial charge in [0.15, 0.2) is 11.6 Å². The Labute approximate surface area is 137 Å². The number of hydrogen-bond acceptors (Lipinski definition) is 3. The minimum Gasteiger partial charge on any atom is -0.288 e. The van der Waals surface area contributed by atoms with E-state index in [1.54, 1.807) is 41.7 Å².